The van der Waals surface area contributed by atoms with E-state index in [0.717, 1.165) is 19.6 Å². The Morgan fingerprint density at radius 2 is 2.24 bits per heavy atom. The Labute approximate surface area is 125 Å². The summed E-state index contributed by atoms with van der Waals surface area (Å²) < 4.78 is 5.76. The van der Waals surface area contributed by atoms with Gasteiger partial charge < -0.3 is 15.4 Å². The summed E-state index contributed by atoms with van der Waals surface area (Å²) in [4.78, 5) is 11.6. The summed E-state index contributed by atoms with van der Waals surface area (Å²) in [6, 6.07) is 3.48. The smallest absolute Gasteiger partial charge is 0.271 e. The largest absolute Gasteiger partial charge is 0.378 e. The van der Waals surface area contributed by atoms with Gasteiger partial charge in [-0.05, 0) is 31.4 Å². The molecule has 0 unspecified atom stereocenters. The number of nitrogens with one attached hydrogen (secondary N) is 2. The molecule has 1 saturated heterocycles. The molecular weight excluding hydrogens is 268 g/mol. The van der Waals surface area contributed by atoms with Crippen molar-refractivity contribution < 1.29 is 9.53 Å². The highest BCUT2D eigenvalue weighted by molar-refractivity contribution is 5.92. The predicted molar refractivity (Wildman–Crippen MR) is 81.2 cm³/mol. The second-order valence-corrected chi connectivity index (χ2v) is 5.67. The number of aromatic nitrogens is 2. The van der Waals surface area contributed by atoms with Crippen LogP contribution in [0.2, 0.25) is 0 Å². The van der Waals surface area contributed by atoms with Crippen LogP contribution in [0.1, 0.15) is 37.7 Å². The molecule has 1 aromatic heterocycles. The number of ether oxygens (including phenoxy) is 1. The Balaban J connectivity index is 1.87. The first-order valence-electron chi connectivity index (χ1n) is 7.59. The molecule has 1 amide bonds. The number of carbonyl (C=O) groups is 1. The molecule has 6 nitrogen and oxygen atoms in total. The summed E-state index contributed by atoms with van der Waals surface area (Å²) in [6.45, 7) is 8.47. The van der Waals surface area contributed by atoms with E-state index < -0.39 is 0 Å². The van der Waals surface area contributed by atoms with Crippen molar-refractivity contribution >= 4 is 11.7 Å². The van der Waals surface area contributed by atoms with Crippen LogP contribution in [0.25, 0.3) is 0 Å². The Morgan fingerprint density at radius 1 is 1.43 bits per heavy atom. The van der Waals surface area contributed by atoms with Gasteiger partial charge in [0.1, 0.15) is 5.82 Å². The van der Waals surface area contributed by atoms with Gasteiger partial charge >= 0.3 is 0 Å². The number of hydrogen-bond acceptors (Lipinski definition) is 5. The average molecular weight is 292 g/mol. The van der Waals surface area contributed by atoms with Gasteiger partial charge in [0.25, 0.3) is 5.91 Å². The van der Waals surface area contributed by atoms with Crippen LogP contribution in [0.3, 0.4) is 0 Å². The van der Waals surface area contributed by atoms with E-state index in [0.29, 0.717) is 36.0 Å². The summed E-state index contributed by atoms with van der Waals surface area (Å²) in [5.74, 6) is 1.51. The van der Waals surface area contributed by atoms with E-state index in [4.69, 9.17) is 4.74 Å². The molecule has 1 fully saturated rings. The minimum Gasteiger partial charge on any atom is -0.378 e. The quantitative estimate of drug-likeness (QED) is 0.834. The topological polar surface area (TPSA) is 76.1 Å². The first-order chi connectivity index (χ1) is 10.1. The molecule has 0 radical (unpaired) electrons. The molecule has 2 rings (SSSR count). The van der Waals surface area contributed by atoms with Crippen molar-refractivity contribution in [2.45, 2.75) is 33.3 Å². The highest BCUT2D eigenvalue weighted by atomic mass is 16.5. The lowest BCUT2D eigenvalue weighted by molar-refractivity contribution is 0.0566. The lowest BCUT2D eigenvalue weighted by Crippen LogP contribution is -2.28. The summed E-state index contributed by atoms with van der Waals surface area (Å²) in [7, 11) is 0. The molecule has 2 atom stereocenters. The fraction of sp³-hybridized carbons (Fsp3) is 0.667. The first kappa shape index (κ1) is 15.7. The zero-order chi connectivity index (χ0) is 15.2. The lowest BCUT2D eigenvalue weighted by atomic mass is 9.93. The average Bonchev–Trinajstić information content (AvgIpc) is 2.94. The van der Waals surface area contributed by atoms with Crippen molar-refractivity contribution in [3.63, 3.8) is 0 Å². The van der Waals surface area contributed by atoms with Crippen molar-refractivity contribution in [1.82, 2.24) is 15.5 Å². The third-order valence-corrected chi connectivity index (χ3v) is 3.70. The van der Waals surface area contributed by atoms with Crippen molar-refractivity contribution in [3.05, 3.63) is 17.8 Å². The van der Waals surface area contributed by atoms with Crippen molar-refractivity contribution in [2.24, 2.45) is 11.8 Å². The number of nitrogens with zero attached hydrogens (tertiary/aromatic N) is 2. The molecule has 1 aliphatic rings. The third-order valence-electron chi connectivity index (χ3n) is 3.70. The number of rotatable bonds is 6. The van der Waals surface area contributed by atoms with E-state index in [2.05, 4.69) is 34.7 Å². The predicted octanol–water partition coefficient (Wildman–Crippen LogP) is 1.70. The highest BCUT2D eigenvalue weighted by Crippen LogP contribution is 2.26. The lowest BCUT2D eigenvalue weighted by Gasteiger charge is -2.22. The molecule has 6 heteroatoms. The van der Waals surface area contributed by atoms with Gasteiger partial charge in [-0.3, -0.25) is 4.79 Å². The maximum absolute atomic E-state index is 11.6. The SMILES string of the molecule is CCNC(=O)c1ccc(NC[C@H]2CCO[C@@H]2C(C)C)nn1. The highest BCUT2D eigenvalue weighted by Gasteiger charge is 2.30. The van der Waals surface area contributed by atoms with Gasteiger partial charge in [-0.2, -0.15) is 0 Å². The molecule has 0 spiro atoms. The van der Waals surface area contributed by atoms with Crippen LogP contribution < -0.4 is 10.6 Å². The van der Waals surface area contributed by atoms with E-state index >= 15 is 0 Å². The zero-order valence-corrected chi connectivity index (χ0v) is 12.9. The monoisotopic (exact) mass is 292 g/mol. The number of hydrogen-bond donors (Lipinski definition) is 2. The van der Waals surface area contributed by atoms with Gasteiger partial charge in [0.05, 0.1) is 6.10 Å². The van der Waals surface area contributed by atoms with Gasteiger partial charge in [0, 0.05) is 25.6 Å². The molecule has 1 aromatic rings. The molecule has 21 heavy (non-hydrogen) atoms. The Morgan fingerprint density at radius 3 is 2.86 bits per heavy atom. The zero-order valence-electron chi connectivity index (χ0n) is 12.9. The maximum atomic E-state index is 11.6. The molecule has 116 valence electrons. The number of amides is 1. The molecule has 0 aliphatic carbocycles. The van der Waals surface area contributed by atoms with Crippen molar-refractivity contribution in [3.8, 4) is 0 Å². The molecule has 1 aliphatic heterocycles. The van der Waals surface area contributed by atoms with Gasteiger partial charge in [-0.25, -0.2) is 0 Å². The minimum absolute atomic E-state index is 0.194. The van der Waals surface area contributed by atoms with Crippen LogP contribution in [-0.2, 0) is 4.74 Å². The fourth-order valence-electron chi connectivity index (χ4n) is 2.65. The minimum atomic E-state index is -0.194. The Hall–Kier alpha value is -1.69. The van der Waals surface area contributed by atoms with E-state index in [1.54, 1.807) is 12.1 Å². The van der Waals surface area contributed by atoms with Crippen molar-refractivity contribution in [2.75, 3.05) is 25.0 Å². The normalized spacial score (nSPS) is 21.5. The Kier molecular flexibility index (Phi) is 5.50. The van der Waals surface area contributed by atoms with Crippen LogP contribution in [0.4, 0.5) is 5.82 Å². The fourth-order valence-corrected chi connectivity index (χ4v) is 2.65. The second-order valence-electron chi connectivity index (χ2n) is 5.67. The van der Waals surface area contributed by atoms with E-state index in [9.17, 15) is 4.79 Å². The number of carbonyl (C=O) groups excluding carboxylic acids is 1. The van der Waals surface area contributed by atoms with Crippen LogP contribution in [0.5, 0.6) is 0 Å². The van der Waals surface area contributed by atoms with E-state index in [-0.39, 0.29) is 5.91 Å². The molecule has 0 bridgehead atoms. The summed E-state index contributed by atoms with van der Waals surface area (Å²) in [5.41, 5.74) is 0.339. The van der Waals surface area contributed by atoms with Gasteiger partial charge in [0.15, 0.2) is 5.69 Å². The maximum Gasteiger partial charge on any atom is 0.271 e. The van der Waals surface area contributed by atoms with Crippen LogP contribution in [0, 0.1) is 11.8 Å². The molecular formula is C15H24N4O2. The first-order valence-corrected chi connectivity index (χ1v) is 7.59. The summed E-state index contributed by atoms with van der Waals surface area (Å²) in [6.07, 6.45) is 1.38. The molecule has 2 N–H and O–H groups in total. The third kappa shape index (κ3) is 4.14. The number of anilines is 1. The van der Waals surface area contributed by atoms with Gasteiger partial charge in [-0.1, -0.05) is 13.8 Å². The summed E-state index contributed by atoms with van der Waals surface area (Å²) in [5, 5.41) is 14.0. The standard InChI is InChI=1S/C15H24N4O2/c1-4-16-15(20)12-5-6-13(19-18-12)17-9-11-7-8-21-14(11)10(2)3/h5-6,10-11,14H,4,7-9H2,1-3H3,(H,16,20)(H,17,19)/t11-,14-/m1/s1. The van der Waals surface area contributed by atoms with E-state index in [1.165, 1.54) is 0 Å². The van der Waals surface area contributed by atoms with Crippen LogP contribution in [-0.4, -0.2) is 41.9 Å². The summed E-state index contributed by atoms with van der Waals surface area (Å²) >= 11 is 0. The molecule has 0 aromatic carbocycles. The van der Waals surface area contributed by atoms with Crippen LogP contribution in [0.15, 0.2) is 12.1 Å². The molecule has 0 saturated carbocycles. The second kappa shape index (κ2) is 7.36. The van der Waals surface area contributed by atoms with E-state index in [1.807, 2.05) is 6.92 Å². The van der Waals surface area contributed by atoms with Crippen molar-refractivity contribution in [1.29, 1.82) is 0 Å². The van der Waals surface area contributed by atoms with Gasteiger partial charge in [-0.15, -0.1) is 10.2 Å². The molecule has 2 heterocycles. The van der Waals surface area contributed by atoms with Gasteiger partial charge in [0.2, 0.25) is 0 Å². The Bertz CT molecular complexity index is 461. The van der Waals surface area contributed by atoms with Crippen LogP contribution >= 0.6 is 0 Å².